The molecule has 0 aliphatic carbocycles. The van der Waals surface area contributed by atoms with E-state index in [0.717, 1.165) is 5.56 Å². The summed E-state index contributed by atoms with van der Waals surface area (Å²) in [7, 11) is 1.74. The van der Waals surface area contributed by atoms with E-state index in [1.165, 1.54) is 4.80 Å². The highest BCUT2D eigenvalue weighted by molar-refractivity contribution is 6.18. The van der Waals surface area contributed by atoms with E-state index >= 15 is 0 Å². The van der Waals surface area contributed by atoms with E-state index in [-0.39, 0.29) is 6.04 Å². The third-order valence-corrected chi connectivity index (χ3v) is 2.72. The Morgan fingerprint density at radius 3 is 2.71 bits per heavy atom. The maximum Gasteiger partial charge on any atom is 0.188 e. The Labute approximate surface area is 105 Å². The summed E-state index contributed by atoms with van der Waals surface area (Å²) in [5.41, 5.74) is 1.16. The first-order valence-electron chi connectivity index (χ1n) is 5.37. The molecule has 1 atom stereocenters. The van der Waals surface area contributed by atoms with Gasteiger partial charge in [0, 0.05) is 11.9 Å². The zero-order chi connectivity index (χ0) is 12.1. The van der Waals surface area contributed by atoms with Gasteiger partial charge in [0.1, 0.15) is 0 Å². The highest BCUT2D eigenvalue weighted by Crippen LogP contribution is 2.14. The number of benzene rings is 1. The molecule has 1 unspecified atom stereocenters. The number of hydrogen-bond donors (Lipinski definition) is 1. The fourth-order valence-corrected chi connectivity index (χ4v) is 1.84. The quantitative estimate of drug-likeness (QED) is 0.814. The molecule has 5 nitrogen and oxygen atoms in total. The number of aromatic nitrogens is 4. The van der Waals surface area contributed by atoms with Crippen molar-refractivity contribution in [1.29, 1.82) is 0 Å². The summed E-state index contributed by atoms with van der Waals surface area (Å²) in [6.45, 7) is 0.556. The zero-order valence-corrected chi connectivity index (χ0v) is 10.3. The monoisotopic (exact) mass is 251 g/mol. The van der Waals surface area contributed by atoms with Crippen LogP contribution in [0.3, 0.4) is 0 Å². The highest BCUT2D eigenvalue weighted by Gasteiger charge is 2.10. The van der Waals surface area contributed by atoms with Gasteiger partial charge in [-0.15, -0.1) is 21.8 Å². The second-order valence-electron chi connectivity index (χ2n) is 3.69. The molecule has 0 amide bonds. The van der Waals surface area contributed by atoms with E-state index in [1.807, 2.05) is 30.3 Å². The van der Waals surface area contributed by atoms with E-state index < -0.39 is 0 Å². The second kappa shape index (κ2) is 5.75. The fourth-order valence-electron chi connectivity index (χ4n) is 1.56. The minimum atomic E-state index is 0.0988. The lowest BCUT2D eigenvalue weighted by Crippen LogP contribution is -2.22. The maximum absolute atomic E-state index is 5.95. The lowest BCUT2D eigenvalue weighted by molar-refractivity contribution is 0.560. The third-order valence-electron chi connectivity index (χ3n) is 2.41. The molecule has 0 radical (unpaired) electrons. The molecule has 0 spiro atoms. The van der Waals surface area contributed by atoms with Crippen LogP contribution in [0.25, 0.3) is 0 Å². The summed E-state index contributed by atoms with van der Waals surface area (Å²) in [5.74, 6) is 1.17. The van der Waals surface area contributed by atoms with Crippen LogP contribution < -0.4 is 5.32 Å². The van der Waals surface area contributed by atoms with Crippen LogP contribution >= 0.6 is 11.6 Å². The summed E-state index contributed by atoms with van der Waals surface area (Å²) >= 11 is 5.95. The van der Waals surface area contributed by atoms with Gasteiger partial charge in [-0.2, -0.15) is 4.80 Å². The van der Waals surface area contributed by atoms with Crippen LogP contribution in [0.5, 0.6) is 0 Å². The molecule has 2 aromatic rings. The molecule has 0 saturated carbocycles. The van der Waals surface area contributed by atoms with Crippen molar-refractivity contribution < 1.29 is 0 Å². The Balaban J connectivity index is 1.97. The van der Waals surface area contributed by atoms with Crippen molar-refractivity contribution in [3.8, 4) is 0 Å². The number of halogens is 1. The molecule has 17 heavy (non-hydrogen) atoms. The molecule has 0 aliphatic heterocycles. The van der Waals surface area contributed by atoms with Crippen LogP contribution in [0.4, 0.5) is 0 Å². The van der Waals surface area contributed by atoms with Crippen LogP contribution in [0.2, 0.25) is 0 Å². The number of aryl methyl sites for hydroxylation is 1. The second-order valence-corrected chi connectivity index (χ2v) is 4.00. The number of hydrogen-bond acceptors (Lipinski definition) is 4. The van der Waals surface area contributed by atoms with E-state index in [0.29, 0.717) is 18.2 Å². The first-order chi connectivity index (χ1) is 8.29. The molecule has 0 fully saturated rings. The van der Waals surface area contributed by atoms with Crippen LogP contribution in [-0.2, 0) is 13.6 Å². The molecule has 1 aromatic carbocycles. The van der Waals surface area contributed by atoms with Gasteiger partial charge >= 0.3 is 0 Å². The summed E-state index contributed by atoms with van der Waals surface area (Å²) in [4.78, 5) is 1.44. The van der Waals surface area contributed by atoms with Crippen LogP contribution in [-0.4, -0.2) is 26.1 Å². The molecule has 1 N–H and O–H groups in total. The Hall–Kier alpha value is -1.46. The average molecular weight is 252 g/mol. The van der Waals surface area contributed by atoms with Gasteiger partial charge in [0.05, 0.1) is 13.6 Å². The minimum Gasteiger partial charge on any atom is -0.302 e. The maximum atomic E-state index is 5.95. The van der Waals surface area contributed by atoms with E-state index in [4.69, 9.17) is 11.6 Å². The van der Waals surface area contributed by atoms with Crippen molar-refractivity contribution in [3.05, 3.63) is 41.7 Å². The number of alkyl halides is 1. The Kier molecular flexibility index (Phi) is 4.06. The molecule has 0 aliphatic rings. The molecule has 1 aromatic heterocycles. The standard InChI is InChI=1S/C11H14ClN5/c1-17-15-11(14-16-17)8-13-10(7-12)9-5-3-2-4-6-9/h2-6,10,13H,7-8H2,1H3. The molecule has 0 saturated heterocycles. The first kappa shape index (κ1) is 12.0. The van der Waals surface area contributed by atoms with Crippen molar-refractivity contribution in [2.75, 3.05) is 5.88 Å². The van der Waals surface area contributed by atoms with Crippen molar-refractivity contribution in [2.45, 2.75) is 12.6 Å². The number of nitrogens with one attached hydrogen (secondary N) is 1. The normalized spacial score (nSPS) is 12.6. The Morgan fingerprint density at radius 1 is 1.35 bits per heavy atom. The molecular weight excluding hydrogens is 238 g/mol. The van der Waals surface area contributed by atoms with Gasteiger partial charge in [-0.1, -0.05) is 30.3 Å². The van der Waals surface area contributed by atoms with Crippen molar-refractivity contribution in [1.82, 2.24) is 25.5 Å². The minimum absolute atomic E-state index is 0.0988. The molecule has 2 rings (SSSR count). The van der Waals surface area contributed by atoms with Crippen LogP contribution in [0.1, 0.15) is 17.4 Å². The van der Waals surface area contributed by atoms with Gasteiger partial charge in [0.25, 0.3) is 0 Å². The van der Waals surface area contributed by atoms with Crippen molar-refractivity contribution in [2.24, 2.45) is 7.05 Å². The highest BCUT2D eigenvalue weighted by atomic mass is 35.5. The molecule has 6 heteroatoms. The first-order valence-corrected chi connectivity index (χ1v) is 5.90. The van der Waals surface area contributed by atoms with Crippen LogP contribution in [0, 0.1) is 0 Å². The van der Waals surface area contributed by atoms with Crippen molar-refractivity contribution >= 4 is 11.6 Å². The van der Waals surface area contributed by atoms with E-state index in [9.17, 15) is 0 Å². The summed E-state index contributed by atoms with van der Waals surface area (Å²) in [6.07, 6.45) is 0. The molecule has 90 valence electrons. The number of rotatable bonds is 5. The zero-order valence-electron chi connectivity index (χ0n) is 9.55. The number of nitrogens with zero attached hydrogens (tertiary/aromatic N) is 4. The van der Waals surface area contributed by atoms with Crippen LogP contribution in [0.15, 0.2) is 30.3 Å². The summed E-state index contributed by atoms with van der Waals surface area (Å²) in [6, 6.07) is 10.2. The SMILES string of the molecule is Cn1nnc(CNC(CCl)c2ccccc2)n1. The lowest BCUT2D eigenvalue weighted by Gasteiger charge is -2.14. The van der Waals surface area contributed by atoms with E-state index in [1.54, 1.807) is 7.05 Å². The summed E-state index contributed by atoms with van der Waals surface area (Å²) in [5, 5.41) is 15.1. The Bertz CT molecular complexity index is 456. The van der Waals surface area contributed by atoms with Gasteiger partial charge in [0.15, 0.2) is 5.82 Å². The van der Waals surface area contributed by atoms with E-state index in [2.05, 4.69) is 20.7 Å². The van der Waals surface area contributed by atoms with Gasteiger partial charge < -0.3 is 5.32 Å². The third kappa shape index (κ3) is 3.25. The van der Waals surface area contributed by atoms with Gasteiger partial charge in [-0.3, -0.25) is 0 Å². The topological polar surface area (TPSA) is 55.6 Å². The fraction of sp³-hybridized carbons (Fsp3) is 0.364. The molecule has 1 heterocycles. The average Bonchev–Trinajstić information content (AvgIpc) is 2.77. The Morgan fingerprint density at radius 2 is 2.12 bits per heavy atom. The van der Waals surface area contributed by atoms with Gasteiger partial charge in [-0.05, 0) is 10.8 Å². The molecular formula is C11H14ClN5. The van der Waals surface area contributed by atoms with Crippen molar-refractivity contribution in [3.63, 3.8) is 0 Å². The lowest BCUT2D eigenvalue weighted by atomic mass is 10.1. The predicted molar refractivity (Wildman–Crippen MR) is 65.5 cm³/mol. The number of tetrazole rings is 1. The molecule has 0 bridgehead atoms. The van der Waals surface area contributed by atoms with Gasteiger partial charge in [-0.25, -0.2) is 0 Å². The van der Waals surface area contributed by atoms with Gasteiger partial charge in [0.2, 0.25) is 0 Å². The predicted octanol–water partition coefficient (Wildman–Crippen LogP) is 1.28. The smallest absolute Gasteiger partial charge is 0.188 e. The summed E-state index contributed by atoms with van der Waals surface area (Å²) < 4.78 is 0. The largest absolute Gasteiger partial charge is 0.302 e.